The highest BCUT2D eigenvalue weighted by atomic mass is 32.2. The first-order chi connectivity index (χ1) is 9.07. The average Bonchev–Trinajstić information content (AvgIpc) is 2.39. The van der Waals surface area contributed by atoms with E-state index in [4.69, 9.17) is 0 Å². The molecule has 2 N–H and O–H groups in total. The Hall–Kier alpha value is -0.980. The van der Waals surface area contributed by atoms with Crippen molar-refractivity contribution in [2.24, 2.45) is 5.92 Å². The number of nitrogens with zero attached hydrogens (tertiary/aromatic N) is 1. The van der Waals surface area contributed by atoms with Crippen LogP contribution < -0.4 is 10.0 Å². The van der Waals surface area contributed by atoms with E-state index in [2.05, 4.69) is 15.0 Å². The van der Waals surface area contributed by atoms with Crippen molar-refractivity contribution >= 4 is 10.0 Å². The molecule has 19 heavy (non-hydrogen) atoms. The highest BCUT2D eigenvalue weighted by Gasteiger charge is 2.23. The number of piperidine rings is 1. The third-order valence-corrected chi connectivity index (χ3v) is 5.02. The van der Waals surface area contributed by atoms with E-state index in [1.165, 1.54) is 0 Å². The first kappa shape index (κ1) is 14.4. The lowest BCUT2D eigenvalue weighted by Gasteiger charge is -2.23. The van der Waals surface area contributed by atoms with Crippen molar-refractivity contribution < 1.29 is 8.42 Å². The predicted octanol–water partition coefficient (Wildman–Crippen LogP) is 1.06. The monoisotopic (exact) mass is 283 g/mol. The van der Waals surface area contributed by atoms with Crippen LogP contribution in [0.15, 0.2) is 24.4 Å². The summed E-state index contributed by atoms with van der Waals surface area (Å²) in [6.07, 6.45) is 3.53. The van der Waals surface area contributed by atoms with Crippen molar-refractivity contribution in [1.29, 1.82) is 0 Å². The molecule has 0 radical (unpaired) electrons. The molecule has 1 aliphatic rings. The molecule has 0 spiro atoms. The second-order valence-electron chi connectivity index (χ2n) is 5.07. The third kappa shape index (κ3) is 4.56. The largest absolute Gasteiger partial charge is 0.317 e. The summed E-state index contributed by atoms with van der Waals surface area (Å²) < 4.78 is 27.0. The normalized spacial score (nSPS) is 19.2. The molecule has 1 aromatic heterocycles. The Kier molecular flexibility index (Phi) is 4.90. The molecule has 6 heteroatoms. The van der Waals surface area contributed by atoms with Crippen LogP contribution in [0.25, 0.3) is 0 Å². The minimum atomic E-state index is -3.25. The van der Waals surface area contributed by atoms with Crippen molar-refractivity contribution in [3.63, 3.8) is 0 Å². The summed E-state index contributed by atoms with van der Waals surface area (Å²) >= 11 is 0. The topological polar surface area (TPSA) is 71.1 Å². The molecule has 1 saturated heterocycles. The van der Waals surface area contributed by atoms with Crippen LogP contribution in [0, 0.1) is 5.92 Å². The maximum absolute atomic E-state index is 12.1. The fraction of sp³-hybridized carbons (Fsp3) is 0.615. The molecule has 2 heterocycles. The Labute approximate surface area is 114 Å². The van der Waals surface area contributed by atoms with Crippen molar-refractivity contribution in [2.45, 2.75) is 25.8 Å². The van der Waals surface area contributed by atoms with Crippen LogP contribution in [-0.4, -0.2) is 32.2 Å². The van der Waals surface area contributed by atoms with Gasteiger partial charge in [0.25, 0.3) is 0 Å². The van der Waals surface area contributed by atoms with Gasteiger partial charge in [-0.05, 0) is 50.9 Å². The van der Waals surface area contributed by atoms with Crippen LogP contribution in [0.4, 0.5) is 0 Å². The van der Waals surface area contributed by atoms with E-state index in [9.17, 15) is 8.42 Å². The minimum absolute atomic E-state index is 0.214. The van der Waals surface area contributed by atoms with Gasteiger partial charge in [0.05, 0.1) is 17.5 Å². The Morgan fingerprint density at radius 1 is 1.42 bits per heavy atom. The summed E-state index contributed by atoms with van der Waals surface area (Å²) in [4.78, 5) is 4.17. The van der Waals surface area contributed by atoms with Gasteiger partial charge in [-0.2, -0.15) is 0 Å². The lowest BCUT2D eigenvalue weighted by Crippen LogP contribution is -2.36. The van der Waals surface area contributed by atoms with Gasteiger partial charge in [-0.3, -0.25) is 4.98 Å². The van der Waals surface area contributed by atoms with Gasteiger partial charge in [0.15, 0.2) is 0 Å². The highest BCUT2D eigenvalue weighted by molar-refractivity contribution is 7.89. The van der Waals surface area contributed by atoms with Crippen LogP contribution in [0.2, 0.25) is 0 Å². The molecule has 1 atom stereocenters. The Morgan fingerprint density at radius 3 is 2.79 bits per heavy atom. The van der Waals surface area contributed by atoms with Crippen molar-refractivity contribution in [1.82, 2.24) is 15.0 Å². The molecule has 1 aromatic rings. The molecule has 1 fully saturated rings. The van der Waals surface area contributed by atoms with Gasteiger partial charge in [-0.25, -0.2) is 13.1 Å². The molecule has 1 unspecified atom stereocenters. The fourth-order valence-corrected chi connectivity index (χ4v) is 4.08. The van der Waals surface area contributed by atoms with Gasteiger partial charge in [0.1, 0.15) is 0 Å². The number of sulfonamides is 1. The quantitative estimate of drug-likeness (QED) is 0.848. The number of hydrogen-bond acceptors (Lipinski definition) is 4. The number of rotatable bonds is 5. The van der Waals surface area contributed by atoms with Crippen molar-refractivity contribution in [3.05, 3.63) is 30.1 Å². The van der Waals surface area contributed by atoms with Gasteiger partial charge in [0.2, 0.25) is 10.0 Å². The Balaban J connectivity index is 1.93. The average molecular weight is 283 g/mol. The first-order valence-corrected chi connectivity index (χ1v) is 8.34. The van der Waals surface area contributed by atoms with E-state index in [0.717, 1.165) is 31.6 Å². The fourth-order valence-electron chi connectivity index (χ4n) is 2.37. The highest BCUT2D eigenvalue weighted by Crippen LogP contribution is 2.16. The molecule has 5 nitrogen and oxygen atoms in total. The van der Waals surface area contributed by atoms with E-state index >= 15 is 0 Å². The zero-order chi connectivity index (χ0) is 13.7. The predicted molar refractivity (Wildman–Crippen MR) is 75.2 cm³/mol. The molecular formula is C13H21N3O2S. The summed E-state index contributed by atoms with van der Waals surface area (Å²) in [5.41, 5.74) is 0.747. The molecule has 106 valence electrons. The molecule has 0 aliphatic carbocycles. The van der Waals surface area contributed by atoms with Gasteiger partial charge < -0.3 is 5.32 Å². The molecule has 1 aliphatic heterocycles. The van der Waals surface area contributed by atoms with E-state index in [0.29, 0.717) is 0 Å². The van der Waals surface area contributed by atoms with Gasteiger partial charge >= 0.3 is 0 Å². The maximum atomic E-state index is 12.1. The molecule has 0 amide bonds. The summed E-state index contributed by atoms with van der Waals surface area (Å²) in [6, 6.07) is 5.23. The molecule has 0 bridgehead atoms. The lowest BCUT2D eigenvalue weighted by atomic mass is 10.0. The van der Waals surface area contributed by atoms with Crippen LogP contribution in [0.5, 0.6) is 0 Å². The molecule has 0 aromatic carbocycles. The van der Waals surface area contributed by atoms with E-state index in [1.54, 1.807) is 6.20 Å². The molecule has 2 rings (SSSR count). The summed E-state index contributed by atoms with van der Waals surface area (Å²) in [6.45, 7) is 3.65. The lowest BCUT2D eigenvalue weighted by molar-refractivity contribution is 0.399. The number of pyridine rings is 1. The van der Waals surface area contributed by atoms with Crippen LogP contribution in [0.1, 0.15) is 31.5 Å². The molecular weight excluding hydrogens is 262 g/mol. The Morgan fingerprint density at radius 2 is 2.16 bits per heavy atom. The standard InChI is InChI=1S/C13H21N3O2S/c1-11(13-4-2-3-7-15-13)16-19(17,18)10-12-5-8-14-9-6-12/h2-4,7,11-12,14,16H,5-6,8-10H2,1H3. The van der Waals surface area contributed by atoms with E-state index < -0.39 is 10.0 Å². The van der Waals surface area contributed by atoms with Gasteiger partial charge in [0, 0.05) is 6.20 Å². The van der Waals surface area contributed by atoms with Crippen molar-refractivity contribution in [3.8, 4) is 0 Å². The third-order valence-electron chi connectivity index (χ3n) is 3.40. The van der Waals surface area contributed by atoms with Crippen LogP contribution in [0.3, 0.4) is 0 Å². The van der Waals surface area contributed by atoms with Crippen LogP contribution in [-0.2, 0) is 10.0 Å². The van der Waals surface area contributed by atoms with Gasteiger partial charge in [-0.1, -0.05) is 6.07 Å². The smallest absolute Gasteiger partial charge is 0.212 e. The zero-order valence-corrected chi connectivity index (χ0v) is 12.0. The van der Waals surface area contributed by atoms with Crippen molar-refractivity contribution in [2.75, 3.05) is 18.8 Å². The summed E-state index contributed by atoms with van der Waals surface area (Å²) in [5, 5.41) is 3.24. The van der Waals surface area contributed by atoms with Gasteiger partial charge in [-0.15, -0.1) is 0 Å². The minimum Gasteiger partial charge on any atom is -0.317 e. The number of hydrogen-bond donors (Lipinski definition) is 2. The van der Waals surface area contributed by atoms with E-state index in [-0.39, 0.29) is 17.7 Å². The first-order valence-electron chi connectivity index (χ1n) is 6.68. The summed E-state index contributed by atoms with van der Waals surface area (Å²) in [5.74, 6) is 0.473. The second kappa shape index (κ2) is 6.45. The zero-order valence-electron chi connectivity index (χ0n) is 11.2. The summed E-state index contributed by atoms with van der Waals surface area (Å²) in [7, 11) is -3.25. The van der Waals surface area contributed by atoms with E-state index in [1.807, 2.05) is 25.1 Å². The SMILES string of the molecule is CC(NS(=O)(=O)CC1CCNCC1)c1ccccn1. The van der Waals surface area contributed by atoms with Crippen LogP contribution >= 0.6 is 0 Å². The maximum Gasteiger partial charge on any atom is 0.212 e. The number of nitrogens with one attached hydrogen (secondary N) is 2. The second-order valence-corrected chi connectivity index (χ2v) is 6.87. The molecule has 0 saturated carbocycles. The number of aromatic nitrogens is 1. The Bertz CT molecular complexity index is 484.